The molecular formula is C17H18N6O3. The first-order chi connectivity index (χ1) is 12.3. The number of guanidine groups is 1. The molecule has 9 nitrogen and oxygen atoms in total. The van der Waals surface area contributed by atoms with Crippen molar-refractivity contribution in [3.05, 3.63) is 58.3 Å². The second kappa shape index (κ2) is 6.43. The maximum absolute atomic E-state index is 12.2. The molecule has 134 valence electrons. The first kappa shape index (κ1) is 17.3. The second-order valence-corrected chi connectivity index (χ2v) is 6.20. The van der Waals surface area contributed by atoms with Crippen molar-refractivity contribution in [2.75, 3.05) is 12.4 Å². The molecule has 2 amide bonds. The molecule has 3 rings (SSSR count). The van der Waals surface area contributed by atoms with E-state index in [1.807, 2.05) is 13.0 Å². The van der Waals surface area contributed by atoms with Gasteiger partial charge in [0.25, 0.3) is 11.5 Å². The average Bonchev–Trinajstić information content (AvgIpc) is 2.60. The summed E-state index contributed by atoms with van der Waals surface area (Å²) in [5.74, 6) is -0.450. The van der Waals surface area contributed by atoms with Gasteiger partial charge in [-0.25, -0.2) is 9.98 Å². The van der Waals surface area contributed by atoms with Gasteiger partial charge in [-0.2, -0.15) is 0 Å². The number of aromatic amines is 1. The molecular weight excluding hydrogens is 336 g/mol. The molecule has 0 saturated heterocycles. The summed E-state index contributed by atoms with van der Waals surface area (Å²) in [6.07, 6.45) is 2.44. The molecule has 0 spiro atoms. The summed E-state index contributed by atoms with van der Waals surface area (Å²) in [4.78, 5) is 47.3. The molecule has 2 aromatic rings. The number of nitrogens with one attached hydrogen (secondary N) is 2. The van der Waals surface area contributed by atoms with Gasteiger partial charge in [0.1, 0.15) is 5.69 Å². The van der Waals surface area contributed by atoms with E-state index >= 15 is 0 Å². The van der Waals surface area contributed by atoms with Crippen molar-refractivity contribution < 1.29 is 9.59 Å². The Morgan fingerprint density at radius 3 is 2.81 bits per heavy atom. The zero-order valence-electron chi connectivity index (χ0n) is 14.3. The molecule has 9 heteroatoms. The van der Waals surface area contributed by atoms with Gasteiger partial charge in [0.05, 0.1) is 18.2 Å². The minimum absolute atomic E-state index is 0.0814. The summed E-state index contributed by atoms with van der Waals surface area (Å²) < 4.78 is 0. The third-order valence-corrected chi connectivity index (χ3v) is 4.22. The van der Waals surface area contributed by atoms with Gasteiger partial charge in [-0.05, 0) is 24.6 Å². The van der Waals surface area contributed by atoms with Crippen LogP contribution in [0.25, 0.3) is 0 Å². The van der Waals surface area contributed by atoms with Gasteiger partial charge in [-0.3, -0.25) is 19.3 Å². The fourth-order valence-corrected chi connectivity index (χ4v) is 2.67. The van der Waals surface area contributed by atoms with Crippen LogP contribution in [0.2, 0.25) is 0 Å². The standard InChI is InChI=1S/C17H18N6O3/c1-17(7-14(25)23(2)16(18)22-17)10-4-3-5-11(6-10)21-15(26)12-8-20-13(24)9-19-12/h3-6,8-9H,7H2,1-2H3,(H2,18,22)(H,20,24)(H,21,26)/t17-/m0/s1. The number of hydrogen-bond acceptors (Lipinski definition) is 6. The smallest absolute Gasteiger partial charge is 0.275 e. The summed E-state index contributed by atoms with van der Waals surface area (Å²) in [6, 6.07) is 7.02. The van der Waals surface area contributed by atoms with Crippen molar-refractivity contribution in [1.82, 2.24) is 14.9 Å². The molecule has 1 aromatic heterocycles. The summed E-state index contributed by atoms with van der Waals surface area (Å²) in [5.41, 5.74) is 5.97. The third kappa shape index (κ3) is 3.32. The number of aromatic nitrogens is 2. The molecule has 1 aromatic carbocycles. The Morgan fingerprint density at radius 1 is 1.38 bits per heavy atom. The molecule has 0 fully saturated rings. The lowest BCUT2D eigenvalue weighted by Crippen LogP contribution is -2.47. The van der Waals surface area contributed by atoms with Crippen molar-refractivity contribution in [2.24, 2.45) is 10.7 Å². The predicted octanol–water partition coefficient (Wildman–Crippen LogP) is 0.414. The number of nitrogens with two attached hydrogens (primary N) is 1. The minimum Gasteiger partial charge on any atom is -0.369 e. The van der Waals surface area contributed by atoms with E-state index < -0.39 is 11.4 Å². The van der Waals surface area contributed by atoms with Crippen molar-refractivity contribution >= 4 is 23.5 Å². The number of benzene rings is 1. The lowest BCUT2D eigenvalue weighted by molar-refractivity contribution is -0.128. The van der Waals surface area contributed by atoms with E-state index in [1.54, 1.807) is 25.2 Å². The summed E-state index contributed by atoms with van der Waals surface area (Å²) in [7, 11) is 1.58. The third-order valence-electron chi connectivity index (χ3n) is 4.22. The van der Waals surface area contributed by atoms with Gasteiger partial charge < -0.3 is 16.0 Å². The van der Waals surface area contributed by atoms with Gasteiger partial charge in [0, 0.05) is 18.9 Å². The number of carbonyl (C=O) groups excluding carboxylic acids is 2. The molecule has 0 bridgehead atoms. The van der Waals surface area contributed by atoms with Crippen LogP contribution in [-0.2, 0) is 10.3 Å². The number of hydrogen-bond donors (Lipinski definition) is 3. The Balaban J connectivity index is 1.87. The lowest BCUT2D eigenvalue weighted by atomic mass is 9.87. The molecule has 0 unspecified atom stereocenters. The Hall–Kier alpha value is -3.49. The van der Waals surface area contributed by atoms with Crippen LogP contribution in [0.3, 0.4) is 0 Å². The van der Waals surface area contributed by atoms with Crippen LogP contribution < -0.4 is 16.6 Å². The first-order valence-electron chi connectivity index (χ1n) is 7.87. The van der Waals surface area contributed by atoms with E-state index in [4.69, 9.17) is 5.73 Å². The van der Waals surface area contributed by atoms with Crippen LogP contribution in [0.15, 0.2) is 46.4 Å². The highest BCUT2D eigenvalue weighted by Crippen LogP contribution is 2.34. The number of anilines is 1. The fraction of sp³-hybridized carbons (Fsp3) is 0.235. The average molecular weight is 354 g/mol. The van der Waals surface area contributed by atoms with Crippen LogP contribution in [-0.4, -0.2) is 39.7 Å². The van der Waals surface area contributed by atoms with Crippen LogP contribution in [0.1, 0.15) is 29.4 Å². The van der Waals surface area contributed by atoms with Gasteiger partial charge in [-0.1, -0.05) is 12.1 Å². The van der Waals surface area contributed by atoms with E-state index in [1.165, 1.54) is 11.1 Å². The number of rotatable bonds is 3. The van der Waals surface area contributed by atoms with Crippen LogP contribution in [0, 0.1) is 0 Å². The number of amides is 2. The van der Waals surface area contributed by atoms with Crippen molar-refractivity contribution in [1.29, 1.82) is 0 Å². The summed E-state index contributed by atoms with van der Waals surface area (Å²) in [5, 5.41) is 2.71. The largest absolute Gasteiger partial charge is 0.369 e. The molecule has 2 heterocycles. The topological polar surface area (TPSA) is 134 Å². The fourth-order valence-electron chi connectivity index (χ4n) is 2.67. The quantitative estimate of drug-likeness (QED) is 0.734. The molecule has 1 aliphatic rings. The maximum Gasteiger partial charge on any atom is 0.275 e. The lowest BCUT2D eigenvalue weighted by Gasteiger charge is -2.33. The maximum atomic E-state index is 12.2. The SMILES string of the molecule is CN1C(=O)C[C@@](C)(c2cccc(NC(=O)c3c[nH]c(=O)cn3)c2)N=C1N. The Labute approximate surface area is 149 Å². The normalized spacial score (nSPS) is 19.8. The van der Waals surface area contributed by atoms with Gasteiger partial charge >= 0.3 is 0 Å². The number of nitrogens with zero attached hydrogens (tertiary/aromatic N) is 3. The monoisotopic (exact) mass is 354 g/mol. The van der Waals surface area contributed by atoms with Crippen molar-refractivity contribution in [3.63, 3.8) is 0 Å². The van der Waals surface area contributed by atoms with Crippen LogP contribution >= 0.6 is 0 Å². The van der Waals surface area contributed by atoms with Crippen molar-refractivity contribution in [3.8, 4) is 0 Å². The molecule has 26 heavy (non-hydrogen) atoms. The van der Waals surface area contributed by atoms with E-state index in [0.717, 1.165) is 11.8 Å². The predicted molar refractivity (Wildman–Crippen MR) is 95.6 cm³/mol. The van der Waals surface area contributed by atoms with E-state index in [-0.39, 0.29) is 29.5 Å². The van der Waals surface area contributed by atoms with E-state index in [0.29, 0.717) is 5.69 Å². The van der Waals surface area contributed by atoms with Gasteiger partial charge in [0.2, 0.25) is 5.91 Å². The number of carbonyl (C=O) groups is 2. The molecule has 1 aliphatic heterocycles. The van der Waals surface area contributed by atoms with Crippen molar-refractivity contribution in [2.45, 2.75) is 18.9 Å². The molecule has 0 radical (unpaired) electrons. The zero-order valence-corrected chi connectivity index (χ0v) is 14.3. The van der Waals surface area contributed by atoms with E-state index in [9.17, 15) is 14.4 Å². The molecule has 0 aliphatic carbocycles. The zero-order chi connectivity index (χ0) is 18.9. The number of H-pyrrole nitrogens is 1. The van der Waals surface area contributed by atoms with Gasteiger partial charge in [0.15, 0.2) is 5.96 Å². The molecule has 0 saturated carbocycles. The highest BCUT2D eigenvalue weighted by molar-refractivity contribution is 6.02. The Morgan fingerprint density at radius 2 is 2.15 bits per heavy atom. The first-order valence-corrected chi connectivity index (χ1v) is 7.87. The highest BCUT2D eigenvalue weighted by atomic mass is 16.2. The van der Waals surface area contributed by atoms with Crippen LogP contribution in [0.5, 0.6) is 0 Å². The van der Waals surface area contributed by atoms with E-state index in [2.05, 4.69) is 20.3 Å². The van der Waals surface area contributed by atoms with Crippen LogP contribution in [0.4, 0.5) is 5.69 Å². The highest BCUT2D eigenvalue weighted by Gasteiger charge is 2.36. The van der Waals surface area contributed by atoms with Gasteiger partial charge in [-0.15, -0.1) is 0 Å². The Kier molecular flexibility index (Phi) is 4.29. The second-order valence-electron chi connectivity index (χ2n) is 6.20. The molecule has 1 atom stereocenters. The Bertz CT molecular complexity index is 946. The minimum atomic E-state index is -0.815. The summed E-state index contributed by atoms with van der Waals surface area (Å²) in [6.45, 7) is 1.81. The molecule has 4 N–H and O–H groups in total. The number of aliphatic imine (C=N–C) groups is 1. The summed E-state index contributed by atoms with van der Waals surface area (Å²) >= 11 is 0.